The van der Waals surface area contributed by atoms with Gasteiger partial charge >= 0.3 is 0 Å². The predicted molar refractivity (Wildman–Crippen MR) is 114 cm³/mol. The molecular weight excluding hydrogens is 372 g/mol. The van der Waals surface area contributed by atoms with Gasteiger partial charge in [-0.15, -0.1) is 5.10 Å². The summed E-state index contributed by atoms with van der Waals surface area (Å²) >= 11 is 0. The Kier molecular flexibility index (Phi) is 5.68. The van der Waals surface area contributed by atoms with E-state index in [0.717, 1.165) is 16.5 Å². The van der Waals surface area contributed by atoms with Gasteiger partial charge in [-0.05, 0) is 30.7 Å². The first-order chi connectivity index (χ1) is 13.9. The number of hydrogen-bond donors (Lipinski definition) is 4. The second kappa shape index (κ2) is 8.34. The van der Waals surface area contributed by atoms with Gasteiger partial charge in [0, 0.05) is 23.2 Å². The maximum Gasteiger partial charge on any atom is 0.272 e. The highest BCUT2D eigenvalue weighted by atomic mass is 16.5. The summed E-state index contributed by atoms with van der Waals surface area (Å²) in [5.41, 5.74) is 13.8. The standard InChI is InChI=1S/C20H22N6O3/c1-11(25-26-20(21)22)12-4-6-13(7-5-12)23-19(27)17-10-15-16(24-17)8-14(28-2)9-18(15)29-3/h4-10,24H,1-3H3,(H,23,27)(H4,21,22,26). The quantitative estimate of drug-likeness (QED) is 0.289. The van der Waals surface area contributed by atoms with E-state index in [-0.39, 0.29) is 11.9 Å². The van der Waals surface area contributed by atoms with Crippen LogP contribution in [0.4, 0.5) is 5.69 Å². The second-order valence-corrected chi connectivity index (χ2v) is 6.22. The number of rotatable bonds is 6. The lowest BCUT2D eigenvalue weighted by Crippen LogP contribution is -2.22. The van der Waals surface area contributed by atoms with E-state index in [1.807, 2.05) is 18.2 Å². The van der Waals surface area contributed by atoms with Crippen LogP contribution in [-0.2, 0) is 0 Å². The number of aromatic nitrogens is 1. The molecule has 3 rings (SSSR count). The minimum atomic E-state index is -0.277. The molecule has 0 atom stereocenters. The number of nitrogens with one attached hydrogen (secondary N) is 2. The molecular formula is C20H22N6O3. The van der Waals surface area contributed by atoms with Crippen LogP contribution in [0.15, 0.2) is 52.7 Å². The number of ether oxygens (including phenoxy) is 2. The number of H-pyrrole nitrogens is 1. The summed E-state index contributed by atoms with van der Waals surface area (Å²) in [5, 5.41) is 11.2. The lowest BCUT2D eigenvalue weighted by molar-refractivity contribution is 0.102. The van der Waals surface area contributed by atoms with Gasteiger partial charge in [0.25, 0.3) is 5.91 Å². The fourth-order valence-corrected chi connectivity index (χ4v) is 2.77. The zero-order valence-electron chi connectivity index (χ0n) is 16.3. The zero-order chi connectivity index (χ0) is 21.0. The third-order valence-electron chi connectivity index (χ3n) is 4.25. The number of aromatic amines is 1. The number of methoxy groups -OCH3 is 2. The molecule has 0 spiro atoms. The summed E-state index contributed by atoms with van der Waals surface area (Å²) in [5.74, 6) is 0.868. The SMILES string of the molecule is COc1cc(OC)c2cc(C(=O)Nc3ccc(C(C)=NN=C(N)N)cc3)[nH]c2c1. The van der Waals surface area contributed by atoms with Crippen LogP contribution < -0.4 is 26.3 Å². The van der Waals surface area contributed by atoms with Gasteiger partial charge in [0.1, 0.15) is 17.2 Å². The van der Waals surface area contributed by atoms with Gasteiger partial charge in [-0.3, -0.25) is 4.79 Å². The third kappa shape index (κ3) is 4.46. The van der Waals surface area contributed by atoms with Crippen LogP contribution in [0.5, 0.6) is 11.5 Å². The van der Waals surface area contributed by atoms with Crippen LogP contribution in [-0.4, -0.2) is 36.8 Å². The normalized spacial score (nSPS) is 11.2. The van der Waals surface area contributed by atoms with E-state index in [4.69, 9.17) is 20.9 Å². The molecule has 29 heavy (non-hydrogen) atoms. The van der Waals surface area contributed by atoms with Crippen LogP contribution in [0.3, 0.4) is 0 Å². The second-order valence-electron chi connectivity index (χ2n) is 6.22. The van der Waals surface area contributed by atoms with E-state index >= 15 is 0 Å². The summed E-state index contributed by atoms with van der Waals surface area (Å²) in [6.45, 7) is 1.78. The van der Waals surface area contributed by atoms with Gasteiger partial charge in [-0.25, -0.2) is 0 Å². The molecule has 0 aliphatic heterocycles. The molecule has 0 fully saturated rings. The van der Waals surface area contributed by atoms with Crippen LogP contribution in [0, 0.1) is 0 Å². The molecule has 0 aliphatic rings. The van der Waals surface area contributed by atoms with Crippen molar-refractivity contribution >= 4 is 34.2 Å². The number of anilines is 1. The topological polar surface area (TPSA) is 140 Å². The zero-order valence-corrected chi connectivity index (χ0v) is 16.3. The number of carbonyl (C=O) groups is 1. The smallest absolute Gasteiger partial charge is 0.272 e. The van der Waals surface area contributed by atoms with Gasteiger partial charge in [-0.2, -0.15) is 5.10 Å². The number of nitrogens with two attached hydrogens (primary N) is 2. The lowest BCUT2D eigenvalue weighted by atomic mass is 10.1. The monoisotopic (exact) mass is 394 g/mol. The van der Waals surface area contributed by atoms with E-state index in [1.165, 1.54) is 0 Å². The van der Waals surface area contributed by atoms with Crippen molar-refractivity contribution in [2.24, 2.45) is 21.7 Å². The van der Waals surface area contributed by atoms with Crippen molar-refractivity contribution in [2.75, 3.05) is 19.5 Å². The van der Waals surface area contributed by atoms with Crippen LogP contribution >= 0.6 is 0 Å². The largest absolute Gasteiger partial charge is 0.497 e. The number of hydrogen-bond acceptors (Lipinski definition) is 5. The fourth-order valence-electron chi connectivity index (χ4n) is 2.77. The first-order valence-electron chi connectivity index (χ1n) is 8.71. The molecule has 0 aliphatic carbocycles. The van der Waals surface area contributed by atoms with Gasteiger partial charge < -0.3 is 31.2 Å². The maximum atomic E-state index is 12.7. The Balaban J connectivity index is 1.80. The molecule has 0 radical (unpaired) electrons. The summed E-state index contributed by atoms with van der Waals surface area (Å²) in [6, 6.07) is 12.5. The summed E-state index contributed by atoms with van der Waals surface area (Å²) in [4.78, 5) is 15.7. The Morgan fingerprint density at radius 2 is 1.76 bits per heavy atom. The lowest BCUT2D eigenvalue weighted by Gasteiger charge is -2.05. The summed E-state index contributed by atoms with van der Waals surface area (Å²) < 4.78 is 10.6. The average molecular weight is 394 g/mol. The van der Waals surface area contributed by atoms with Crippen molar-refractivity contribution in [3.63, 3.8) is 0 Å². The first-order valence-corrected chi connectivity index (χ1v) is 8.71. The Morgan fingerprint density at radius 1 is 1.03 bits per heavy atom. The van der Waals surface area contributed by atoms with Crippen molar-refractivity contribution in [3.05, 3.63) is 53.7 Å². The number of nitrogens with zero attached hydrogens (tertiary/aromatic N) is 2. The van der Waals surface area contributed by atoms with Crippen molar-refractivity contribution in [3.8, 4) is 11.5 Å². The number of fused-ring (bicyclic) bond motifs is 1. The highest BCUT2D eigenvalue weighted by Gasteiger charge is 2.14. The maximum absolute atomic E-state index is 12.7. The Bertz CT molecular complexity index is 1100. The number of carbonyl (C=O) groups excluding carboxylic acids is 1. The van der Waals surface area contributed by atoms with Crippen molar-refractivity contribution in [1.82, 2.24) is 4.98 Å². The minimum absolute atomic E-state index is 0.110. The van der Waals surface area contributed by atoms with Crippen molar-refractivity contribution in [1.29, 1.82) is 0 Å². The highest BCUT2D eigenvalue weighted by molar-refractivity contribution is 6.07. The molecule has 0 bridgehead atoms. The number of benzene rings is 2. The Labute approximate surface area is 167 Å². The van der Waals surface area contributed by atoms with Crippen molar-refractivity contribution < 1.29 is 14.3 Å². The van der Waals surface area contributed by atoms with Gasteiger partial charge in [0.05, 0.1) is 25.4 Å². The Morgan fingerprint density at radius 3 is 2.38 bits per heavy atom. The average Bonchev–Trinajstić information content (AvgIpc) is 3.16. The van der Waals surface area contributed by atoms with E-state index in [2.05, 4.69) is 20.5 Å². The number of amides is 1. The van der Waals surface area contributed by atoms with Crippen LogP contribution in [0.25, 0.3) is 10.9 Å². The van der Waals surface area contributed by atoms with Crippen LogP contribution in [0.2, 0.25) is 0 Å². The molecule has 9 nitrogen and oxygen atoms in total. The molecule has 150 valence electrons. The van der Waals surface area contributed by atoms with Crippen molar-refractivity contribution in [2.45, 2.75) is 6.92 Å². The predicted octanol–water partition coefficient (Wildman–Crippen LogP) is 2.43. The van der Waals surface area contributed by atoms with Gasteiger partial charge in [-0.1, -0.05) is 12.1 Å². The molecule has 3 aromatic rings. The third-order valence-corrected chi connectivity index (χ3v) is 4.25. The molecule has 2 aromatic carbocycles. The molecule has 9 heteroatoms. The number of guanidine groups is 1. The van der Waals surface area contributed by atoms with E-state index in [1.54, 1.807) is 45.4 Å². The molecule has 1 heterocycles. The molecule has 0 saturated heterocycles. The van der Waals surface area contributed by atoms with Crippen LogP contribution in [0.1, 0.15) is 23.0 Å². The van der Waals surface area contributed by atoms with E-state index < -0.39 is 0 Å². The molecule has 1 aromatic heterocycles. The minimum Gasteiger partial charge on any atom is -0.497 e. The van der Waals surface area contributed by atoms with E-state index in [9.17, 15) is 4.79 Å². The highest BCUT2D eigenvalue weighted by Crippen LogP contribution is 2.31. The summed E-state index contributed by atoms with van der Waals surface area (Å²) in [6.07, 6.45) is 0. The molecule has 6 N–H and O–H groups in total. The fraction of sp³-hybridized carbons (Fsp3) is 0.150. The molecule has 0 unspecified atom stereocenters. The molecule has 0 saturated carbocycles. The first kappa shape index (κ1) is 19.7. The van der Waals surface area contributed by atoms with Gasteiger partial charge in [0.15, 0.2) is 0 Å². The van der Waals surface area contributed by atoms with E-state index in [0.29, 0.717) is 28.6 Å². The summed E-state index contributed by atoms with van der Waals surface area (Å²) in [7, 11) is 3.14. The Hall–Kier alpha value is -4.01. The molecule has 1 amide bonds. The van der Waals surface area contributed by atoms with Gasteiger partial charge in [0.2, 0.25) is 5.96 Å².